The minimum Gasteiger partial charge on any atom is -0.383 e. The molecule has 0 radical (unpaired) electrons. The monoisotopic (exact) mass is 309 g/mol. The van der Waals surface area contributed by atoms with Crippen LogP contribution in [-0.4, -0.2) is 34.5 Å². The van der Waals surface area contributed by atoms with Gasteiger partial charge in [0.05, 0.1) is 19.2 Å². The summed E-state index contributed by atoms with van der Waals surface area (Å²) in [5.41, 5.74) is 0. The SMILES string of the molecule is COCCn1ccc(NC(=O)NC(C)c2ncc(C)s2)n1. The van der Waals surface area contributed by atoms with Crippen LogP contribution in [-0.2, 0) is 11.3 Å². The van der Waals surface area contributed by atoms with Crippen molar-refractivity contribution < 1.29 is 9.53 Å². The minimum absolute atomic E-state index is 0.140. The molecular formula is C13H19N5O2S. The number of nitrogens with one attached hydrogen (secondary N) is 2. The number of amides is 2. The molecule has 0 aliphatic rings. The van der Waals surface area contributed by atoms with E-state index in [1.54, 1.807) is 41.6 Å². The van der Waals surface area contributed by atoms with Crippen molar-refractivity contribution in [3.63, 3.8) is 0 Å². The van der Waals surface area contributed by atoms with E-state index in [9.17, 15) is 4.79 Å². The lowest BCUT2D eigenvalue weighted by Crippen LogP contribution is -2.31. The quantitative estimate of drug-likeness (QED) is 0.857. The van der Waals surface area contributed by atoms with Gasteiger partial charge in [-0.05, 0) is 13.8 Å². The van der Waals surface area contributed by atoms with E-state index in [2.05, 4.69) is 20.7 Å². The zero-order valence-corrected chi connectivity index (χ0v) is 13.1. The fourth-order valence-electron chi connectivity index (χ4n) is 1.72. The number of carbonyl (C=O) groups excluding carboxylic acids is 1. The third-order valence-electron chi connectivity index (χ3n) is 2.76. The number of ether oxygens (including phenoxy) is 1. The highest BCUT2D eigenvalue weighted by Crippen LogP contribution is 2.18. The summed E-state index contributed by atoms with van der Waals surface area (Å²) in [5, 5.41) is 10.6. The Hall–Kier alpha value is -1.93. The highest BCUT2D eigenvalue weighted by molar-refractivity contribution is 7.11. The number of carbonyl (C=O) groups is 1. The molecule has 0 bridgehead atoms. The van der Waals surface area contributed by atoms with Gasteiger partial charge in [-0.1, -0.05) is 0 Å². The van der Waals surface area contributed by atoms with Crippen LogP contribution in [0.3, 0.4) is 0 Å². The summed E-state index contributed by atoms with van der Waals surface area (Å²) in [6.07, 6.45) is 3.59. The molecule has 7 nitrogen and oxygen atoms in total. The van der Waals surface area contributed by atoms with Gasteiger partial charge in [0.15, 0.2) is 5.82 Å². The molecule has 114 valence electrons. The summed E-state index contributed by atoms with van der Waals surface area (Å²) >= 11 is 1.57. The number of anilines is 1. The van der Waals surface area contributed by atoms with Gasteiger partial charge in [0.2, 0.25) is 0 Å². The molecule has 0 aliphatic heterocycles. The number of nitrogens with zero attached hydrogens (tertiary/aromatic N) is 3. The Morgan fingerprint density at radius 1 is 1.57 bits per heavy atom. The van der Waals surface area contributed by atoms with Crippen LogP contribution in [0.25, 0.3) is 0 Å². The van der Waals surface area contributed by atoms with Crippen molar-refractivity contribution in [3.05, 3.63) is 28.3 Å². The largest absolute Gasteiger partial charge is 0.383 e. The maximum Gasteiger partial charge on any atom is 0.321 e. The number of rotatable bonds is 6. The van der Waals surface area contributed by atoms with E-state index in [0.717, 1.165) is 9.88 Å². The second kappa shape index (κ2) is 7.19. The Bertz CT molecular complexity index is 595. The normalized spacial score (nSPS) is 12.1. The number of hydrogen-bond donors (Lipinski definition) is 2. The Kier molecular flexibility index (Phi) is 5.29. The van der Waals surface area contributed by atoms with Crippen LogP contribution < -0.4 is 10.6 Å². The molecule has 0 spiro atoms. The molecular weight excluding hydrogens is 290 g/mol. The van der Waals surface area contributed by atoms with Crippen molar-refractivity contribution in [2.45, 2.75) is 26.4 Å². The minimum atomic E-state index is -0.299. The highest BCUT2D eigenvalue weighted by Gasteiger charge is 2.13. The molecule has 0 fully saturated rings. The van der Waals surface area contributed by atoms with Gasteiger partial charge >= 0.3 is 6.03 Å². The van der Waals surface area contributed by atoms with Gasteiger partial charge in [0, 0.05) is 30.4 Å². The van der Waals surface area contributed by atoms with Crippen LogP contribution >= 0.6 is 11.3 Å². The first-order valence-corrected chi connectivity index (χ1v) is 7.42. The molecule has 0 aliphatic carbocycles. The number of hydrogen-bond acceptors (Lipinski definition) is 5. The Morgan fingerprint density at radius 2 is 2.38 bits per heavy atom. The van der Waals surface area contributed by atoms with Gasteiger partial charge in [0.25, 0.3) is 0 Å². The standard InChI is InChI=1S/C13H19N5O2S/c1-9-8-14-12(21-9)10(2)15-13(19)16-11-4-5-18(17-11)6-7-20-3/h4-5,8,10H,6-7H2,1-3H3,(H2,15,16,17,19). The maximum absolute atomic E-state index is 11.9. The second-order valence-electron chi connectivity index (χ2n) is 4.59. The molecule has 0 saturated carbocycles. The molecule has 0 saturated heterocycles. The topological polar surface area (TPSA) is 81.1 Å². The van der Waals surface area contributed by atoms with Crippen molar-refractivity contribution in [1.82, 2.24) is 20.1 Å². The molecule has 8 heteroatoms. The predicted molar refractivity (Wildman–Crippen MR) is 81.5 cm³/mol. The fraction of sp³-hybridized carbons (Fsp3) is 0.462. The first kappa shape index (κ1) is 15.5. The third kappa shape index (κ3) is 4.54. The molecule has 2 rings (SSSR count). The second-order valence-corrected chi connectivity index (χ2v) is 5.85. The average molecular weight is 309 g/mol. The van der Waals surface area contributed by atoms with Crippen molar-refractivity contribution >= 4 is 23.2 Å². The first-order valence-electron chi connectivity index (χ1n) is 6.60. The van der Waals surface area contributed by atoms with Crippen LogP contribution in [0.5, 0.6) is 0 Å². The number of methoxy groups -OCH3 is 1. The zero-order valence-electron chi connectivity index (χ0n) is 12.3. The van der Waals surface area contributed by atoms with Crippen LogP contribution in [0.1, 0.15) is 22.9 Å². The van der Waals surface area contributed by atoms with E-state index >= 15 is 0 Å². The molecule has 0 aromatic carbocycles. The van der Waals surface area contributed by atoms with Gasteiger partial charge in [-0.2, -0.15) is 5.10 Å². The number of aryl methyl sites for hydroxylation is 1. The van der Waals surface area contributed by atoms with Crippen LogP contribution in [0.4, 0.5) is 10.6 Å². The lowest BCUT2D eigenvalue weighted by Gasteiger charge is -2.11. The molecule has 1 unspecified atom stereocenters. The summed E-state index contributed by atoms with van der Waals surface area (Å²) in [4.78, 5) is 17.3. The Labute approximate surface area is 127 Å². The number of aromatic nitrogens is 3. The molecule has 1 atom stereocenters. The van der Waals surface area contributed by atoms with Gasteiger partial charge in [-0.15, -0.1) is 11.3 Å². The van der Waals surface area contributed by atoms with E-state index in [1.807, 2.05) is 13.8 Å². The van der Waals surface area contributed by atoms with Crippen molar-refractivity contribution in [2.75, 3.05) is 19.0 Å². The van der Waals surface area contributed by atoms with Gasteiger partial charge < -0.3 is 10.1 Å². The summed E-state index contributed by atoms with van der Waals surface area (Å²) in [7, 11) is 1.64. The molecule has 2 amide bonds. The summed E-state index contributed by atoms with van der Waals surface area (Å²) < 4.78 is 6.69. The highest BCUT2D eigenvalue weighted by atomic mass is 32.1. The Morgan fingerprint density at radius 3 is 3.05 bits per heavy atom. The lowest BCUT2D eigenvalue weighted by atomic mass is 10.4. The van der Waals surface area contributed by atoms with Gasteiger partial charge in [-0.3, -0.25) is 10.00 Å². The molecule has 21 heavy (non-hydrogen) atoms. The third-order valence-corrected chi connectivity index (χ3v) is 3.86. The van der Waals surface area contributed by atoms with Crippen molar-refractivity contribution in [2.24, 2.45) is 0 Å². The predicted octanol–water partition coefficient (Wildman–Crippen LogP) is 2.18. The summed E-state index contributed by atoms with van der Waals surface area (Å²) in [6.45, 7) is 5.11. The van der Waals surface area contributed by atoms with Crippen LogP contribution in [0.2, 0.25) is 0 Å². The van der Waals surface area contributed by atoms with Gasteiger partial charge in [0.1, 0.15) is 5.01 Å². The lowest BCUT2D eigenvalue weighted by molar-refractivity contribution is 0.183. The summed E-state index contributed by atoms with van der Waals surface area (Å²) in [5.74, 6) is 0.506. The van der Waals surface area contributed by atoms with E-state index in [1.165, 1.54) is 0 Å². The van der Waals surface area contributed by atoms with E-state index in [0.29, 0.717) is 19.0 Å². The van der Waals surface area contributed by atoms with Crippen LogP contribution in [0, 0.1) is 6.92 Å². The number of thiazole rings is 1. The van der Waals surface area contributed by atoms with E-state index < -0.39 is 0 Å². The molecule has 2 heterocycles. The Balaban J connectivity index is 1.85. The van der Waals surface area contributed by atoms with E-state index in [-0.39, 0.29) is 12.1 Å². The average Bonchev–Trinajstić information content (AvgIpc) is 3.05. The molecule has 2 aromatic rings. The molecule has 2 aromatic heterocycles. The fourth-order valence-corrected chi connectivity index (χ4v) is 2.50. The maximum atomic E-state index is 11.9. The zero-order chi connectivity index (χ0) is 15.2. The summed E-state index contributed by atoms with van der Waals surface area (Å²) in [6, 6.07) is 1.31. The molecule has 2 N–H and O–H groups in total. The number of urea groups is 1. The van der Waals surface area contributed by atoms with Gasteiger partial charge in [-0.25, -0.2) is 9.78 Å². The van der Waals surface area contributed by atoms with Crippen molar-refractivity contribution in [1.29, 1.82) is 0 Å². The van der Waals surface area contributed by atoms with Crippen LogP contribution in [0.15, 0.2) is 18.5 Å². The first-order chi connectivity index (χ1) is 10.1. The smallest absolute Gasteiger partial charge is 0.321 e. The van der Waals surface area contributed by atoms with E-state index in [4.69, 9.17) is 4.74 Å². The van der Waals surface area contributed by atoms with Crippen molar-refractivity contribution in [3.8, 4) is 0 Å².